The van der Waals surface area contributed by atoms with E-state index in [1.54, 1.807) is 22.7 Å². The first-order chi connectivity index (χ1) is 12.4. The molecule has 0 saturated carbocycles. The van der Waals surface area contributed by atoms with E-state index in [1.165, 1.54) is 27.9 Å². The zero-order valence-electron chi connectivity index (χ0n) is 13.5. The average molecular weight is 361 g/mol. The zero-order chi connectivity index (χ0) is 16.7. The Hall–Kier alpha value is -2.43. The molecule has 1 aliphatic carbocycles. The average Bonchev–Trinajstić information content (AvgIpc) is 3.42. The zero-order valence-corrected chi connectivity index (χ0v) is 15.1. The van der Waals surface area contributed by atoms with Crippen LogP contribution in [0, 0.1) is 0 Å². The second kappa shape index (κ2) is 5.83. The SMILES string of the molecule is C1=CC(c2ccccc2)(c2ccsc2)Cc2[nH]nc(-c3ccsc3)c21. The van der Waals surface area contributed by atoms with Gasteiger partial charge in [-0.3, -0.25) is 5.10 Å². The summed E-state index contributed by atoms with van der Waals surface area (Å²) < 4.78 is 0. The molecule has 25 heavy (non-hydrogen) atoms. The molecular formula is C21H16N2S2. The number of fused-ring (bicyclic) bond motifs is 1. The quantitative estimate of drug-likeness (QED) is 0.495. The third kappa shape index (κ3) is 2.33. The monoisotopic (exact) mass is 360 g/mol. The van der Waals surface area contributed by atoms with Gasteiger partial charge in [0.15, 0.2) is 0 Å². The second-order valence-electron chi connectivity index (χ2n) is 6.34. The number of allylic oxidation sites excluding steroid dienone is 1. The number of nitrogens with zero attached hydrogens (tertiary/aromatic N) is 1. The van der Waals surface area contributed by atoms with Crippen molar-refractivity contribution in [3.8, 4) is 11.3 Å². The third-order valence-electron chi connectivity index (χ3n) is 4.99. The number of benzene rings is 1. The summed E-state index contributed by atoms with van der Waals surface area (Å²) in [6.45, 7) is 0. The summed E-state index contributed by atoms with van der Waals surface area (Å²) >= 11 is 3.46. The molecule has 0 fully saturated rings. The van der Waals surface area contributed by atoms with Crippen molar-refractivity contribution >= 4 is 28.7 Å². The van der Waals surface area contributed by atoms with Crippen molar-refractivity contribution in [3.05, 3.63) is 92.4 Å². The van der Waals surface area contributed by atoms with E-state index < -0.39 is 0 Å². The van der Waals surface area contributed by atoms with Crippen molar-refractivity contribution < 1.29 is 0 Å². The first-order valence-electron chi connectivity index (χ1n) is 8.24. The largest absolute Gasteiger partial charge is 0.281 e. The summed E-state index contributed by atoms with van der Waals surface area (Å²) in [5, 5.41) is 16.6. The van der Waals surface area contributed by atoms with Crippen LogP contribution < -0.4 is 0 Å². The van der Waals surface area contributed by atoms with E-state index in [-0.39, 0.29) is 5.41 Å². The van der Waals surface area contributed by atoms with Crippen molar-refractivity contribution in [2.45, 2.75) is 11.8 Å². The lowest BCUT2D eigenvalue weighted by Gasteiger charge is -2.33. The second-order valence-corrected chi connectivity index (χ2v) is 7.90. The number of aromatic nitrogens is 2. The molecule has 1 unspecified atom stereocenters. The van der Waals surface area contributed by atoms with Crippen LogP contribution >= 0.6 is 22.7 Å². The van der Waals surface area contributed by atoms with E-state index in [0.717, 1.165) is 12.1 Å². The topological polar surface area (TPSA) is 28.7 Å². The van der Waals surface area contributed by atoms with E-state index in [9.17, 15) is 0 Å². The molecule has 5 rings (SSSR count). The first-order valence-corrected chi connectivity index (χ1v) is 10.1. The highest BCUT2D eigenvalue weighted by Gasteiger charge is 2.36. The smallest absolute Gasteiger partial charge is 0.100 e. The van der Waals surface area contributed by atoms with Crippen molar-refractivity contribution in [2.75, 3.05) is 0 Å². The van der Waals surface area contributed by atoms with Gasteiger partial charge in [-0.1, -0.05) is 42.5 Å². The Bertz CT molecular complexity index is 1010. The van der Waals surface area contributed by atoms with Gasteiger partial charge in [0.05, 0.1) is 0 Å². The van der Waals surface area contributed by atoms with E-state index in [2.05, 4.69) is 86.3 Å². The van der Waals surface area contributed by atoms with Gasteiger partial charge in [0.1, 0.15) is 5.69 Å². The van der Waals surface area contributed by atoms with Crippen LogP contribution in [0.2, 0.25) is 0 Å². The molecule has 0 spiro atoms. The highest BCUT2D eigenvalue weighted by atomic mass is 32.1. The number of nitrogens with one attached hydrogen (secondary N) is 1. The lowest BCUT2D eigenvalue weighted by Crippen LogP contribution is -2.30. The normalized spacial score (nSPS) is 19.0. The minimum Gasteiger partial charge on any atom is -0.281 e. The van der Waals surface area contributed by atoms with Crippen LogP contribution in [-0.2, 0) is 11.8 Å². The molecule has 1 aliphatic rings. The molecule has 4 aromatic rings. The van der Waals surface area contributed by atoms with Gasteiger partial charge in [0, 0.05) is 34.0 Å². The van der Waals surface area contributed by atoms with Gasteiger partial charge in [-0.2, -0.15) is 27.8 Å². The van der Waals surface area contributed by atoms with Gasteiger partial charge in [-0.15, -0.1) is 0 Å². The van der Waals surface area contributed by atoms with Crippen LogP contribution in [0.3, 0.4) is 0 Å². The molecule has 1 aromatic carbocycles. The fourth-order valence-corrected chi connectivity index (χ4v) is 5.08. The van der Waals surface area contributed by atoms with Crippen LogP contribution in [0.5, 0.6) is 0 Å². The summed E-state index contributed by atoms with van der Waals surface area (Å²) in [5.74, 6) is 0. The fraction of sp³-hybridized carbons (Fsp3) is 0.0952. The standard InChI is InChI=1S/C21H16N2S2/c1-2-4-16(5-3-1)21(17-8-11-25-14-17)9-6-18-19(12-21)22-23-20(18)15-7-10-24-13-15/h1-11,13-14H,12H2,(H,22,23). The Balaban J connectivity index is 1.66. The molecule has 1 N–H and O–H groups in total. The van der Waals surface area contributed by atoms with Crippen LogP contribution in [0.15, 0.2) is 70.1 Å². The maximum absolute atomic E-state index is 4.61. The van der Waals surface area contributed by atoms with E-state index in [1.807, 2.05) is 0 Å². The third-order valence-corrected chi connectivity index (χ3v) is 6.36. The maximum Gasteiger partial charge on any atom is 0.100 e. The van der Waals surface area contributed by atoms with Crippen molar-refractivity contribution in [1.82, 2.24) is 10.2 Å². The summed E-state index contributed by atoms with van der Waals surface area (Å²) in [6.07, 6.45) is 5.51. The summed E-state index contributed by atoms with van der Waals surface area (Å²) in [5.41, 5.74) is 7.21. The predicted molar refractivity (Wildman–Crippen MR) is 106 cm³/mol. The highest BCUT2D eigenvalue weighted by Crippen LogP contribution is 2.43. The number of H-pyrrole nitrogens is 1. The molecule has 122 valence electrons. The minimum absolute atomic E-state index is 0.132. The van der Waals surface area contributed by atoms with Crippen molar-refractivity contribution in [3.63, 3.8) is 0 Å². The lowest BCUT2D eigenvalue weighted by molar-refractivity contribution is 0.623. The minimum atomic E-state index is -0.132. The van der Waals surface area contributed by atoms with Crippen LogP contribution in [0.1, 0.15) is 22.4 Å². The number of hydrogen-bond acceptors (Lipinski definition) is 3. The summed E-state index contributed by atoms with van der Waals surface area (Å²) in [4.78, 5) is 0. The van der Waals surface area contributed by atoms with E-state index in [0.29, 0.717) is 0 Å². The Morgan fingerprint density at radius 1 is 0.920 bits per heavy atom. The molecule has 0 bridgehead atoms. The van der Waals surface area contributed by atoms with Gasteiger partial charge < -0.3 is 0 Å². The molecule has 1 atom stereocenters. The molecule has 2 nitrogen and oxygen atoms in total. The van der Waals surface area contributed by atoms with E-state index in [4.69, 9.17) is 0 Å². The highest BCUT2D eigenvalue weighted by molar-refractivity contribution is 7.08. The predicted octanol–water partition coefficient (Wildman–Crippen LogP) is 5.76. The molecule has 3 aromatic heterocycles. The number of thiophene rings is 2. The Kier molecular flexibility index (Phi) is 3.47. The molecule has 0 saturated heterocycles. The molecular weight excluding hydrogens is 344 g/mol. The maximum atomic E-state index is 4.61. The lowest BCUT2D eigenvalue weighted by atomic mass is 9.69. The Morgan fingerprint density at radius 2 is 1.76 bits per heavy atom. The number of aromatic amines is 1. The summed E-state index contributed by atoms with van der Waals surface area (Å²) in [7, 11) is 0. The van der Waals surface area contributed by atoms with Gasteiger partial charge in [0.2, 0.25) is 0 Å². The Morgan fingerprint density at radius 3 is 2.52 bits per heavy atom. The number of rotatable bonds is 3. The van der Waals surface area contributed by atoms with Crippen LogP contribution in [-0.4, -0.2) is 10.2 Å². The molecule has 0 aliphatic heterocycles. The van der Waals surface area contributed by atoms with Gasteiger partial charge in [-0.25, -0.2) is 0 Å². The Labute approximate surface area is 154 Å². The van der Waals surface area contributed by atoms with Crippen molar-refractivity contribution in [1.29, 1.82) is 0 Å². The molecule has 4 heteroatoms. The van der Waals surface area contributed by atoms with Crippen LogP contribution in [0.25, 0.3) is 17.3 Å². The molecule has 0 amide bonds. The van der Waals surface area contributed by atoms with Gasteiger partial charge in [0.25, 0.3) is 0 Å². The van der Waals surface area contributed by atoms with Gasteiger partial charge >= 0.3 is 0 Å². The van der Waals surface area contributed by atoms with E-state index >= 15 is 0 Å². The number of hydrogen-bond donors (Lipinski definition) is 1. The van der Waals surface area contributed by atoms with Gasteiger partial charge in [-0.05, 0) is 39.4 Å². The molecule has 3 heterocycles. The molecule has 0 radical (unpaired) electrons. The summed E-state index contributed by atoms with van der Waals surface area (Å²) in [6, 6.07) is 15.1. The fourth-order valence-electron chi connectivity index (χ4n) is 3.70. The van der Waals surface area contributed by atoms with Crippen LogP contribution in [0.4, 0.5) is 0 Å². The first kappa shape index (κ1) is 14.9. The van der Waals surface area contributed by atoms with Crippen molar-refractivity contribution in [2.24, 2.45) is 0 Å².